The van der Waals surface area contributed by atoms with Gasteiger partial charge in [0.2, 0.25) is 0 Å². The van der Waals surface area contributed by atoms with E-state index in [-0.39, 0.29) is 5.91 Å². The maximum Gasteiger partial charge on any atom is 0.257 e. The molecule has 0 atom stereocenters. The highest BCUT2D eigenvalue weighted by molar-refractivity contribution is 5.94. The van der Waals surface area contributed by atoms with E-state index in [9.17, 15) is 4.79 Å². The quantitative estimate of drug-likeness (QED) is 0.768. The number of aromatic amines is 2. The van der Waals surface area contributed by atoms with E-state index < -0.39 is 0 Å². The topological polar surface area (TPSA) is 90.6 Å². The van der Waals surface area contributed by atoms with Crippen molar-refractivity contribution in [3.05, 3.63) is 29.6 Å². The zero-order valence-corrected chi connectivity index (χ0v) is 9.06. The predicted molar refractivity (Wildman–Crippen MR) is 55.5 cm³/mol. The smallest absolute Gasteiger partial charge is 0.257 e. The molecule has 2 rings (SSSR count). The number of nitrogens with one attached hydrogen (secondary N) is 2. The van der Waals surface area contributed by atoms with Crippen LogP contribution in [0.1, 0.15) is 21.9 Å². The van der Waals surface area contributed by atoms with Crippen molar-refractivity contribution in [3.8, 4) is 0 Å². The molecular weight excluding hydrogens is 208 g/mol. The Morgan fingerprint density at radius 1 is 1.44 bits per heavy atom. The number of rotatable bonds is 3. The second kappa shape index (κ2) is 4.13. The molecule has 16 heavy (non-hydrogen) atoms. The van der Waals surface area contributed by atoms with Gasteiger partial charge in [-0.25, -0.2) is 4.98 Å². The van der Waals surface area contributed by atoms with Gasteiger partial charge in [0.1, 0.15) is 12.2 Å². The van der Waals surface area contributed by atoms with Gasteiger partial charge < -0.3 is 4.90 Å². The summed E-state index contributed by atoms with van der Waals surface area (Å²) in [4.78, 5) is 17.5. The largest absolute Gasteiger partial charge is 0.334 e. The van der Waals surface area contributed by atoms with Crippen molar-refractivity contribution in [2.75, 3.05) is 7.05 Å². The summed E-state index contributed by atoms with van der Waals surface area (Å²) >= 11 is 0. The summed E-state index contributed by atoms with van der Waals surface area (Å²) in [5.41, 5.74) is 1.33. The molecule has 7 heteroatoms. The molecule has 84 valence electrons. The molecule has 0 saturated heterocycles. The fraction of sp³-hybridized carbons (Fsp3) is 0.333. The summed E-state index contributed by atoms with van der Waals surface area (Å²) in [6.07, 6.45) is 2.94. The van der Waals surface area contributed by atoms with Gasteiger partial charge in [-0.2, -0.15) is 10.2 Å². The Labute approximate surface area is 91.9 Å². The molecule has 0 fully saturated rings. The summed E-state index contributed by atoms with van der Waals surface area (Å²) in [7, 11) is 1.71. The van der Waals surface area contributed by atoms with E-state index in [4.69, 9.17) is 0 Å². The second-order valence-electron chi connectivity index (χ2n) is 3.50. The van der Waals surface area contributed by atoms with Crippen LogP contribution in [0.15, 0.2) is 12.5 Å². The van der Waals surface area contributed by atoms with Crippen molar-refractivity contribution in [1.82, 2.24) is 30.3 Å². The van der Waals surface area contributed by atoms with Gasteiger partial charge in [0, 0.05) is 12.7 Å². The molecule has 2 heterocycles. The number of hydrogen-bond acceptors (Lipinski definition) is 4. The van der Waals surface area contributed by atoms with Crippen molar-refractivity contribution in [2.45, 2.75) is 13.5 Å². The molecule has 0 saturated carbocycles. The van der Waals surface area contributed by atoms with E-state index in [2.05, 4.69) is 25.4 Å². The lowest BCUT2D eigenvalue weighted by Crippen LogP contribution is -2.27. The lowest BCUT2D eigenvalue weighted by Gasteiger charge is -2.14. The highest BCUT2D eigenvalue weighted by atomic mass is 16.2. The Bertz CT molecular complexity index is 474. The van der Waals surface area contributed by atoms with Gasteiger partial charge in [-0.1, -0.05) is 0 Å². The number of carbonyl (C=O) groups excluding carboxylic acids is 1. The van der Waals surface area contributed by atoms with Crippen molar-refractivity contribution >= 4 is 5.91 Å². The number of hydrogen-bond donors (Lipinski definition) is 2. The third kappa shape index (κ3) is 1.92. The van der Waals surface area contributed by atoms with Crippen molar-refractivity contribution in [3.63, 3.8) is 0 Å². The molecular formula is C9H12N6O. The van der Waals surface area contributed by atoms with Gasteiger partial charge in [-0.3, -0.25) is 15.0 Å². The molecule has 0 bridgehead atoms. The zero-order chi connectivity index (χ0) is 11.5. The Kier molecular flexibility index (Phi) is 2.67. The highest BCUT2D eigenvalue weighted by Crippen LogP contribution is 2.07. The lowest BCUT2D eigenvalue weighted by atomic mass is 10.2. The third-order valence-corrected chi connectivity index (χ3v) is 2.26. The van der Waals surface area contributed by atoms with Crippen LogP contribution in [-0.2, 0) is 6.54 Å². The first kappa shape index (κ1) is 10.3. The minimum Gasteiger partial charge on any atom is -0.334 e. The van der Waals surface area contributed by atoms with Crippen LogP contribution in [-0.4, -0.2) is 43.2 Å². The molecule has 0 aliphatic rings. The summed E-state index contributed by atoms with van der Waals surface area (Å²) in [5.74, 6) is 0.555. The molecule has 0 aliphatic heterocycles. The number of aromatic nitrogens is 5. The van der Waals surface area contributed by atoms with Crippen LogP contribution in [0.4, 0.5) is 0 Å². The molecule has 2 aromatic heterocycles. The fourth-order valence-electron chi connectivity index (χ4n) is 1.38. The highest BCUT2D eigenvalue weighted by Gasteiger charge is 2.16. The van der Waals surface area contributed by atoms with E-state index in [1.165, 1.54) is 12.5 Å². The van der Waals surface area contributed by atoms with Gasteiger partial charge in [-0.15, -0.1) is 0 Å². The first-order valence-corrected chi connectivity index (χ1v) is 4.78. The first-order valence-electron chi connectivity index (χ1n) is 4.78. The Balaban J connectivity index is 2.08. The predicted octanol–water partition coefficient (Wildman–Crippen LogP) is 0.108. The summed E-state index contributed by atoms with van der Waals surface area (Å²) in [6.45, 7) is 2.20. The van der Waals surface area contributed by atoms with Crippen LogP contribution in [0.5, 0.6) is 0 Å². The molecule has 0 unspecified atom stereocenters. The minimum absolute atomic E-state index is 0.0948. The van der Waals surface area contributed by atoms with Crippen LogP contribution in [0, 0.1) is 6.92 Å². The first-order chi connectivity index (χ1) is 7.68. The van der Waals surface area contributed by atoms with Crippen LogP contribution < -0.4 is 0 Å². The van der Waals surface area contributed by atoms with E-state index >= 15 is 0 Å². The van der Waals surface area contributed by atoms with Crippen LogP contribution in [0.3, 0.4) is 0 Å². The Morgan fingerprint density at radius 2 is 2.25 bits per heavy atom. The molecule has 0 radical (unpaired) electrons. The molecule has 7 nitrogen and oxygen atoms in total. The second-order valence-corrected chi connectivity index (χ2v) is 3.50. The van der Waals surface area contributed by atoms with Crippen LogP contribution in [0.2, 0.25) is 0 Å². The molecule has 2 N–H and O–H groups in total. The van der Waals surface area contributed by atoms with Crippen LogP contribution >= 0.6 is 0 Å². The Morgan fingerprint density at radius 3 is 2.81 bits per heavy atom. The van der Waals surface area contributed by atoms with Crippen molar-refractivity contribution < 1.29 is 4.79 Å². The van der Waals surface area contributed by atoms with E-state index in [1.54, 1.807) is 11.9 Å². The average Bonchev–Trinajstić information content (AvgIpc) is 2.88. The number of nitrogens with zero attached hydrogens (tertiary/aromatic N) is 4. The molecule has 1 amide bonds. The number of aryl methyl sites for hydroxylation is 1. The normalized spacial score (nSPS) is 10.4. The van der Waals surface area contributed by atoms with Crippen molar-refractivity contribution in [2.24, 2.45) is 0 Å². The van der Waals surface area contributed by atoms with Gasteiger partial charge in [0.15, 0.2) is 0 Å². The van der Waals surface area contributed by atoms with Crippen molar-refractivity contribution in [1.29, 1.82) is 0 Å². The average molecular weight is 220 g/mol. The van der Waals surface area contributed by atoms with E-state index in [0.29, 0.717) is 17.9 Å². The maximum atomic E-state index is 12.0. The lowest BCUT2D eigenvalue weighted by molar-refractivity contribution is 0.0781. The molecule has 2 aromatic rings. The van der Waals surface area contributed by atoms with Gasteiger partial charge >= 0.3 is 0 Å². The van der Waals surface area contributed by atoms with Gasteiger partial charge in [-0.05, 0) is 6.92 Å². The zero-order valence-electron chi connectivity index (χ0n) is 9.06. The third-order valence-electron chi connectivity index (χ3n) is 2.26. The summed E-state index contributed by atoms with van der Waals surface area (Å²) < 4.78 is 0. The van der Waals surface area contributed by atoms with Gasteiger partial charge in [0.05, 0.1) is 18.3 Å². The van der Waals surface area contributed by atoms with Crippen LogP contribution in [0.25, 0.3) is 0 Å². The molecule has 0 aliphatic carbocycles. The van der Waals surface area contributed by atoms with E-state index in [0.717, 1.165) is 5.69 Å². The monoisotopic (exact) mass is 220 g/mol. The van der Waals surface area contributed by atoms with Gasteiger partial charge in [0.25, 0.3) is 5.91 Å². The standard InChI is InChI=1S/C9H12N6O/c1-6-7(3-11-13-6)9(16)15(2)4-8-10-5-12-14-8/h3,5H,4H2,1-2H3,(H,11,13)(H,10,12,14). The number of H-pyrrole nitrogens is 2. The number of amides is 1. The summed E-state index contributed by atoms with van der Waals surface area (Å²) in [6, 6.07) is 0. The SMILES string of the molecule is Cc1[nH]ncc1C(=O)N(C)Cc1ncn[nH]1. The summed E-state index contributed by atoms with van der Waals surface area (Å²) in [5, 5.41) is 13.0. The maximum absolute atomic E-state index is 12.0. The minimum atomic E-state index is -0.0948. The Hall–Kier alpha value is -2.18. The molecule has 0 aromatic carbocycles. The number of carbonyl (C=O) groups is 1. The van der Waals surface area contributed by atoms with E-state index in [1.807, 2.05) is 6.92 Å². The fourth-order valence-corrected chi connectivity index (χ4v) is 1.38. The molecule has 0 spiro atoms.